The first kappa shape index (κ1) is 14.9. The maximum absolute atomic E-state index is 12.5. The molecule has 0 radical (unpaired) electrons. The highest BCUT2D eigenvalue weighted by Crippen LogP contribution is 2.34. The van der Waals surface area contributed by atoms with Crippen molar-refractivity contribution in [2.45, 2.75) is 16.1 Å². The zero-order valence-corrected chi connectivity index (χ0v) is 11.2. The van der Waals surface area contributed by atoms with Crippen molar-refractivity contribution in [3.63, 3.8) is 0 Å². The number of halogens is 3. The van der Waals surface area contributed by atoms with Crippen LogP contribution in [-0.4, -0.2) is 4.98 Å². The van der Waals surface area contributed by atoms with Gasteiger partial charge in [-0.05, 0) is 24.3 Å². The van der Waals surface area contributed by atoms with Gasteiger partial charge in [-0.1, -0.05) is 17.8 Å². The highest BCUT2D eigenvalue weighted by Gasteiger charge is 2.30. The lowest BCUT2D eigenvalue weighted by Gasteiger charge is -2.08. The van der Waals surface area contributed by atoms with Crippen molar-refractivity contribution in [2.24, 2.45) is 0 Å². The van der Waals surface area contributed by atoms with Crippen molar-refractivity contribution >= 4 is 11.8 Å². The topological polar surface area (TPSA) is 60.5 Å². The molecule has 3 nitrogen and oxygen atoms in total. The van der Waals surface area contributed by atoms with Gasteiger partial charge in [-0.3, -0.25) is 0 Å². The molecule has 0 aliphatic carbocycles. The summed E-state index contributed by atoms with van der Waals surface area (Å²) in [5.74, 6) is 0. The maximum atomic E-state index is 12.5. The van der Waals surface area contributed by atoms with E-state index in [4.69, 9.17) is 10.5 Å². The molecule has 0 unspecified atom stereocenters. The molecule has 0 saturated heterocycles. The van der Waals surface area contributed by atoms with E-state index in [2.05, 4.69) is 4.98 Å². The highest BCUT2D eigenvalue weighted by atomic mass is 32.2. The molecule has 2 aromatic rings. The van der Waals surface area contributed by atoms with E-state index < -0.39 is 11.7 Å². The van der Waals surface area contributed by atoms with Crippen LogP contribution in [0, 0.1) is 22.7 Å². The molecule has 0 atom stereocenters. The molecule has 0 fully saturated rings. The summed E-state index contributed by atoms with van der Waals surface area (Å²) < 4.78 is 37.4. The van der Waals surface area contributed by atoms with Crippen LogP contribution in [-0.2, 0) is 6.18 Å². The van der Waals surface area contributed by atoms with Crippen LogP contribution in [0.5, 0.6) is 0 Å². The Morgan fingerprint density at radius 1 is 1.00 bits per heavy atom. The average molecular weight is 305 g/mol. The van der Waals surface area contributed by atoms with Gasteiger partial charge < -0.3 is 0 Å². The first-order chi connectivity index (χ1) is 9.95. The van der Waals surface area contributed by atoms with Gasteiger partial charge in [0.25, 0.3) is 0 Å². The first-order valence-corrected chi connectivity index (χ1v) is 6.41. The molecule has 0 amide bonds. The molecular weight excluding hydrogens is 299 g/mol. The Bertz CT molecular complexity index is 708. The largest absolute Gasteiger partial charge is 0.417 e. The van der Waals surface area contributed by atoms with Gasteiger partial charge in [-0.2, -0.15) is 23.7 Å². The molecule has 104 valence electrons. The number of hydrogen-bond donors (Lipinski definition) is 0. The van der Waals surface area contributed by atoms with Crippen molar-refractivity contribution in [1.82, 2.24) is 4.98 Å². The lowest BCUT2D eigenvalue weighted by Crippen LogP contribution is -2.05. The molecular formula is C14H6F3N3S. The van der Waals surface area contributed by atoms with E-state index in [-0.39, 0.29) is 16.2 Å². The fraction of sp³-hybridized carbons (Fsp3) is 0.0714. The Hall–Kier alpha value is -2.51. The Morgan fingerprint density at radius 2 is 1.62 bits per heavy atom. The minimum absolute atomic E-state index is 0.278. The minimum atomic E-state index is -4.45. The van der Waals surface area contributed by atoms with Crippen molar-refractivity contribution in [3.8, 4) is 12.1 Å². The molecule has 2 rings (SSSR count). The molecule has 0 aliphatic rings. The quantitative estimate of drug-likeness (QED) is 0.841. The molecule has 0 saturated carbocycles. The van der Waals surface area contributed by atoms with Crippen molar-refractivity contribution in [2.75, 3.05) is 0 Å². The van der Waals surface area contributed by atoms with Crippen LogP contribution >= 0.6 is 11.8 Å². The lowest BCUT2D eigenvalue weighted by atomic mass is 10.1. The Labute approximate surface area is 122 Å². The molecule has 21 heavy (non-hydrogen) atoms. The zero-order valence-electron chi connectivity index (χ0n) is 10.3. The van der Waals surface area contributed by atoms with Crippen LogP contribution < -0.4 is 0 Å². The second-order valence-corrected chi connectivity index (χ2v) is 4.92. The SMILES string of the molecule is N#Cc1cccc(C#N)c1Sc1ccc(C(F)(F)F)cn1. The average Bonchev–Trinajstić information content (AvgIpc) is 2.47. The predicted octanol–water partition coefficient (Wildman–Crippen LogP) is 3.99. The first-order valence-electron chi connectivity index (χ1n) is 5.60. The molecule has 1 heterocycles. The summed E-state index contributed by atoms with van der Waals surface area (Å²) in [6.07, 6.45) is -3.72. The van der Waals surface area contributed by atoms with E-state index in [0.29, 0.717) is 4.90 Å². The second-order valence-electron chi connectivity index (χ2n) is 3.89. The fourth-order valence-corrected chi connectivity index (χ4v) is 2.43. The van der Waals surface area contributed by atoms with E-state index in [9.17, 15) is 13.2 Å². The Morgan fingerprint density at radius 3 is 2.05 bits per heavy atom. The van der Waals surface area contributed by atoms with E-state index in [1.807, 2.05) is 12.1 Å². The van der Waals surface area contributed by atoms with Crippen molar-refractivity contribution < 1.29 is 13.2 Å². The molecule has 1 aromatic carbocycles. The normalized spacial score (nSPS) is 10.7. The summed E-state index contributed by atoms with van der Waals surface area (Å²) in [5, 5.41) is 18.3. The van der Waals surface area contributed by atoms with E-state index in [0.717, 1.165) is 24.0 Å². The highest BCUT2D eigenvalue weighted by molar-refractivity contribution is 7.99. The fourth-order valence-electron chi connectivity index (χ4n) is 1.54. The smallest absolute Gasteiger partial charge is 0.249 e. The van der Waals surface area contributed by atoms with Crippen LogP contribution in [0.15, 0.2) is 46.5 Å². The molecule has 1 aromatic heterocycles. The van der Waals surface area contributed by atoms with Crippen molar-refractivity contribution in [3.05, 3.63) is 53.2 Å². The Kier molecular flexibility index (Phi) is 4.15. The predicted molar refractivity (Wildman–Crippen MR) is 69.2 cm³/mol. The number of aromatic nitrogens is 1. The summed E-state index contributed by atoms with van der Waals surface area (Å²) in [7, 11) is 0. The van der Waals surface area contributed by atoms with Gasteiger partial charge in [0.15, 0.2) is 0 Å². The number of nitrogens with zero attached hydrogens (tertiary/aromatic N) is 3. The van der Waals surface area contributed by atoms with Crippen LogP contribution in [0.3, 0.4) is 0 Å². The van der Waals surface area contributed by atoms with Gasteiger partial charge in [-0.15, -0.1) is 0 Å². The lowest BCUT2D eigenvalue weighted by molar-refractivity contribution is -0.137. The van der Waals surface area contributed by atoms with Crippen LogP contribution in [0.4, 0.5) is 13.2 Å². The summed E-state index contributed by atoms with van der Waals surface area (Å²) in [5.41, 5.74) is -0.289. The second kappa shape index (κ2) is 5.86. The summed E-state index contributed by atoms with van der Waals surface area (Å²) in [4.78, 5) is 4.10. The summed E-state index contributed by atoms with van der Waals surface area (Å²) >= 11 is 0.986. The van der Waals surface area contributed by atoms with Gasteiger partial charge in [0, 0.05) is 11.1 Å². The van der Waals surface area contributed by atoms with Gasteiger partial charge >= 0.3 is 6.18 Å². The van der Waals surface area contributed by atoms with Crippen molar-refractivity contribution in [1.29, 1.82) is 10.5 Å². The molecule has 0 bridgehead atoms. The maximum Gasteiger partial charge on any atom is 0.417 e. The standard InChI is InChI=1S/C14H6F3N3S/c15-14(16,17)11-4-5-12(20-8-11)21-13-9(6-18)2-1-3-10(13)7-19/h1-5,8H. The monoisotopic (exact) mass is 305 g/mol. The molecule has 0 spiro atoms. The zero-order chi connectivity index (χ0) is 15.5. The van der Waals surface area contributed by atoms with Gasteiger partial charge in [0.2, 0.25) is 0 Å². The van der Waals surface area contributed by atoms with E-state index >= 15 is 0 Å². The van der Waals surface area contributed by atoms with Crippen LogP contribution in [0.25, 0.3) is 0 Å². The summed E-state index contributed by atoms with van der Waals surface area (Å²) in [6, 6.07) is 10.7. The number of pyridine rings is 1. The van der Waals surface area contributed by atoms with Gasteiger partial charge in [0.05, 0.1) is 16.7 Å². The van der Waals surface area contributed by atoms with E-state index in [1.54, 1.807) is 6.07 Å². The molecule has 0 aliphatic heterocycles. The number of nitriles is 2. The third kappa shape index (κ3) is 3.33. The third-order valence-corrected chi connectivity index (χ3v) is 3.62. The molecule has 7 heteroatoms. The van der Waals surface area contributed by atoms with Crippen LogP contribution in [0.2, 0.25) is 0 Å². The molecule has 0 N–H and O–H groups in total. The number of alkyl halides is 3. The Balaban J connectivity index is 2.36. The number of rotatable bonds is 2. The van der Waals surface area contributed by atoms with Crippen LogP contribution in [0.1, 0.15) is 16.7 Å². The minimum Gasteiger partial charge on any atom is -0.249 e. The van der Waals surface area contributed by atoms with Gasteiger partial charge in [0.1, 0.15) is 17.2 Å². The summed E-state index contributed by atoms with van der Waals surface area (Å²) in [6.45, 7) is 0. The number of benzene rings is 1. The number of hydrogen-bond acceptors (Lipinski definition) is 4. The van der Waals surface area contributed by atoms with Gasteiger partial charge in [-0.25, -0.2) is 4.98 Å². The third-order valence-electron chi connectivity index (χ3n) is 2.53. The van der Waals surface area contributed by atoms with E-state index in [1.165, 1.54) is 18.2 Å².